The summed E-state index contributed by atoms with van der Waals surface area (Å²) in [6.07, 6.45) is 3.89. The van der Waals surface area contributed by atoms with Gasteiger partial charge >= 0.3 is 0 Å². The Kier molecular flexibility index (Phi) is 3.90. The molecule has 0 bridgehead atoms. The van der Waals surface area contributed by atoms with Crippen molar-refractivity contribution in [1.82, 2.24) is 14.7 Å². The van der Waals surface area contributed by atoms with Gasteiger partial charge in [0.15, 0.2) is 5.82 Å². The first-order valence-electron chi connectivity index (χ1n) is 7.34. The van der Waals surface area contributed by atoms with Crippen molar-refractivity contribution in [3.63, 3.8) is 0 Å². The Morgan fingerprint density at radius 2 is 2.14 bits per heavy atom. The van der Waals surface area contributed by atoms with Crippen LogP contribution in [-0.4, -0.2) is 21.3 Å². The number of hydrogen-bond donors (Lipinski definition) is 0. The van der Waals surface area contributed by atoms with Crippen molar-refractivity contribution in [2.24, 2.45) is 0 Å². The van der Waals surface area contributed by atoms with E-state index in [1.165, 1.54) is 0 Å². The quantitative estimate of drug-likeness (QED) is 0.696. The number of ether oxygens (including phenoxy) is 1. The van der Waals surface area contributed by atoms with Crippen LogP contribution in [0.2, 0.25) is 0 Å². The number of aromatic nitrogens is 3. The average Bonchev–Trinajstić information content (AvgIpc) is 3.09. The van der Waals surface area contributed by atoms with E-state index in [-0.39, 0.29) is 0 Å². The highest BCUT2D eigenvalue weighted by atomic mass is 16.5. The van der Waals surface area contributed by atoms with Gasteiger partial charge in [-0.25, -0.2) is 0 Å². The first-order valence-corrected chi connectivity index (χ1v) is 7.34. The zero-order chi connectivity index (χ0) is 14.7. The molecule has 0 saturated carbocycles. The second kappa shape index (κ2) is 5.99. The van der Waals surface area contributed by atoms with Gasteiger partial charge in [0.2, 0.25) is 5.89 Å². The standard InChI is InChI=1S/C16H19N3O2/c1-3-6-15-17-16(21-18-15)11-19-10-9-12-13(19)7-5-8-14(12)20-4-2/h5,7-10H,3-4,6,11H2,1-2H3. The molecule has 0 radical (unpaired) electrons. The molecule has 0 spiro atoms. The first kappa shape index (κ1) is 13.7. The fourth-order valence-corrected chi connectivity index (χ4v) is 2.44. The average molecular weight is 285 g/mol. The van der Waals surface area contributed by atoms with Crippen LogP contribution in [0.3, 0.4) is 0 Å². The molecule has 0 saturated heterocycles. The zero-order valence-electron chi connectivity index (χ0n) is 12.4. The Balaban J connectivity index is 1.88. The number of rotatable bonds is 6. The van der Waals surface area contributed by atoms with Crippen molar-refractivity contribution in [2.45, 2.75) is 33.2 Å². The summed E-state index contributed by atoms with van der Waals surface area (Å²) in [5.74, 6) is 2.32. The van der Waals surface area contributed by atoms with E-state index in [0.717, 1.165) is 35.3 Å². The fourth-order valence-electron chi connectivity index (χ4n) is 2.44. The van der Waals surface area contributed by atoms with Crippen molar-refractivity contribution >= 4 is 10.9 Å². The van der Waals surface area contributed by atoms with E-state index in [4.69, 9.17) is 9.26 Å². The molecule has 21 heavy (non-hydrogen) atoms. The summed E-state index contributed by atoms with van der Waals surface area (Å²) in [5.41, 5.74) is 1.11. The second-order valence-electron chi connectivity index (χ2n) is 4.92. The maximum Gasteiger partial charge on any atom is 0.246 e. The van der Waals surface area contributed by atoms with E-state index in [2.05, 4.69) is 33.8 Å². The molecule has 3 rings (SSSR count). The van der Waals surface area contributed by atoms with Crippen molar-refractivity contribution in [1.29, 1.82) is 0 Å². The van der Waals surface area contributed by atoms with Gasteiger partial charge in [0.1, 0.15) is 12.3 Å². The molecule has 0 amide bonds. The lowest BCUT2D eigenvalue weighted by Crippen LogP contribution is -1.99. The van der Waals surface area contributed by atoms with Crippen LogP contribution >= 0.6 is 0 Å². The minimum Gasteiger partial charge on any atom is -0.493 e. The number of fused-ring (bicyclic) bond motifs is 1. The van der Waals surface area contributed by atoms with Crippen LogP contribution in [0.1, 0.15) is 32.0 Å². The molecule has 0 aliphatic rings. The van der Waals surface area contributed by atoms with Gasteiger partial charge in [0.25, 0.3) is 0 Å². The third-order valence-corrected chi connectivity index (χ3v) is 3.36. The van der Waals surface area contributed by atoms with E-state index in [1.54, 1.807) is 0 Å². The van der Waals surface area contributed by atoms with Gasteiger partial charge in [0, 0.05) is 18.0 Å². The minimum absolute atomic E-state index is 0.579. The maximum atomic E-state index is 5.65. The van der Waals surface area contributed by atoms with Gasteiger partial charge in [-0.15, -0.1) is 0 Å². The van der Waals surface area contributed by atoms with Crippen LogP contribution in [-0.2, 0) is 13.0 Å². The lowest BCUT2D eigenvalue weighted by atomic mass is 10.2. The molecule has 2 heterocycles. The van der Waals surface area contributed by atoms with E-state index in [1.807, 2.05) is 25.3 Å². The lowest BCUT2D eigenvalue weighted by Gasteiger charge is -2.06. The van der Waals surface area contributed by atoms with Crippen molar-refractivity contribution in [3.05, 3.63) is 42.2 Å². The van der Waals surface area contributed by atoms with Gasteiger partial charge in [-0.2, -0.15) is 4.98 Å². The summed E-state index contributed by atoms with van der Waals surface area (Å²) in [7, 11) is 0. The zero-order valence-corrected chi connectivity index (χ0v) is 12.4. The topological polar surface area (TPSA) is 53.1 Å². The maximum absolute atomic E-state index is 5.65. The van der Waals surface area contributed by atoms with Crippen molar-refractivity contribution in [2.75, 3.05) is 6.61 Å². The van der Waals surface area contributed by atoms with Crippen molar-refractivity contribution < 1.29 is 9.26 Å². The summed E-state index contributed by atoms with van der Waals surface area (Å²) >= 11 is 0. The molecule has 1 aromatic carbocycles. The summed E-state index contributed by atoms with van der Waals surface area (Å²) in [6, 6.07) is 8.12. The van der Waals surface area contributed by atoms with Crippen LogP contribution in [0.15, 0.2) is 35.0 Å². The highest BCUT2D eigenvalue weighted by Gasteiger charge is 2.10. The normalized spacial score (nSPS) is 11.1. The Morgan fingerprint density at radius 1 is 1.24 bits per heavy atom. The molecule has 110 valence electrons. The summed E-state index contributed by atoms with van der Waals surface area (Å²) < 4.78 is 13.1. The molecule has 5 heteroatoms. The summed E-state index contributed by atoms with van der Waals surface area (Å²) in [5, 5.41) is 5.09. The molecule has 2 aromatic heterocycles. The molecular formula is C16H19N3O2. The lowest BCUT2D eigenvalue weighted by molar-refractivity contribution is 0.344. The Bertz CT molecular complexity index is 730. The minimum atomic E-state index is 0.579. The molecule has 0 atom stereocenters. The third-order valence-electron chi connectivity index (χ3n) is 3.36. The first-order chi connectivity index (χ1) is 10.3. The van der Waals surface area contributed by atoms with E-state index < -0.39 is 0 Å². The largest absolute Gasteiger partial charge is 0.493 e. The van der Waals surface area contributed by atoms with Crippen LogP contribution < -0.4 is 4.74 Å². The van der Waals surface area contributed by atoms with Gasteiger partial charge in [0.05, 0.1) is 12.1 Å². The van der Waals surface area contributed by atoms with Crippen LogP contribution in [0.4, 0.5) is 0 Å². The third kappa shape index (κ3) is 2.77. The Hall–Kier alpha value is -2.30. The molecule has 5 nitrogen and oxygen atoms in total. The highest BCUT2D eigenvalue weighted by molar-refractivity contribution is 5.86. The van der Waals surface area contributed by atoms with Crippen LogP contribution in [0.25, 0.3) is 10.9 Å². The smallest absolute Gasteiger partial charge is 0.246 e. The van der Waals surface area contributed by atoms with Crippen molar-refractivity contribution in [3.8, 4) is 5.75 Å². The number of hydrogen-bond acceptors (Lipinski definition) is 4. The Morgan fingerprint density at radius 3 is 2.95 bits per heavy atom. The van der Waals surface area contributed by atoms with Gasteiger partial charge in [-0.3, -0.25) is 0 Å². The summed E-state index contributed by atoms with van der Waals surface area (Å²) in [6.45, 7) is 5.33. The Labute approximate surface area is 123 Å². The predicted octanol–water partition coefficient (Wildman–Crippen LogP) is 3.42. The van der Waals surface area contributed by atoms with Gasteiger partial charge in [-0.05, 0) is 31.5 Å². The molecule has 3 aromatic rings. The molecule has 0 aliphatic carbocycles. The van der Waals surface area contributed by atoms with E-state index in [0.29, 0.717) is 19.0 Å². The van der Waals surface area contributed by atoms with E-state index >= 15 is 0 Å². The molecule has 0 unspecified atom stereocenters. The number of aryl methyl sites for hydroxylation is 1. The second-order valence-corrected chi connectivity index (χ2v) is 4.92. The monoisotopic (exact) mass is 285 g/mol. The fraction of sp³-hybridized carbons (Fsp3) is 0.375. The van der Waals surface area contributed by atoms with Gasteiger partial charge in [-0.1, -0.05) is 18.1 Å². The molecule has 0 fully saturated rings. The molecular weight excluding hydrogens is 266 g/mol. The SMILES string of the molecule is CCCc1noc(Cn2ccc3c(OCC)cccc32)n1. The van der Waals surface area contributed by atoms with E-state index in [9.17, 15) is 0 Å². The van der Waals surface area contributed by atoms with Gasteiger partial charge < -0.3 is 13.8 Å². The predicted molar refractivity (Wildman–Crippen MR) is 80.5 cm³/mol. The number of nitrogens with zero attached hydrogens (tertiary/aromatic N) is 3. The summed E-state index contributed by atoms with van der Waals surface area (Å²) in [4.78, 5) is 4.41. The van der Waals surface area contributed by atoms with Crippen LogP contribution in [0, 0.1) is 0 Å². The van der Waals surface area contributed by atoms with Crippen LogP contribution in [0.5, 0.6) is 5.75 Å². The highest BCUT2D eigenvalue weighted by Crippen LogP contribution is 2.27. The molecule has 0 aliphatic heterocycles. The number of benzene rings is 1. The molecule has 0 N–H and O–H groups in total.